The van der Waals surface area contributed by atoms with Gasteiger partial charge >= 0.3 is 11.9 Å². The minimum atomic E-state index is -0.856. The zero-order chi connectivity index (χ0) is 13.2. The Morgan fingerprint density at radius 3 is 2.24 bits per heavy atom. The molecule has 0 aliphatic carbocycles. The Kier molecular flexibility index (Phi) is 3.89. The van der Waals surface area contributed by atoms with Crippen molar-refractivity contribution in [1.29, 1.82) is 0 Å². The number of nitrogens with zero attached hydrogens (tertiary/aromatic N) is 1. The van der Waals surface area contributed by atoms with Crippen molar-refractivity contribution >= 4 is 17.6 Å². The lowest BCUT2D eigenvalue weighted by molar-refractivity contribution is -0.151. The first-order chi connectivity index (χ1) is 7.90. The molecule has 0 N–H and O–H groups in total. The van der Waals surface area contributed by atoms with E-state index < -0.39 is 11.9 Å². The first kappa shape index (κ1) is 13.2. The van der Waals surface area contributed by atoms with Crippen molar-refractivity contribution in [2.24, 2.45) is 0 Å². The molecule has 0 atom stereocenters. The van der Waals surface area contributed by atoms with E-state index in [9.17, 15) is 9.59 Å². The van der Waals surface area contributed by atoms with Gasteiger partial charge in [-0.2, -0.15) is 0 Å². The van der Waals surface area contributed by atoms with Crippen LogP contribution in [0.25, 0.3) is 0 Å². The van der Waals surface area contributed by atoms with Gasteiger partial charge in [-0.15, -0.1) is 0 Å². The smallest absolute Gasteiger partial charge is 0.397 e. The molecule has 1 amide bonds. The number of benzene rings is 1. The van der Waals surface area contributed by atoms with E-state index >= 15 is 0 Å². The van der Waals surface area contributed by atoms with Crippen molar-refractivity contribution in [3.63, 3.8) is 0 Å². The molecule has 0 spiro atoms. The van der Waals surface area contributed by atoms with Crippen LogP contribution in [0.2, 0.25) is 0 Å². The van der Waals surface area contributed by atoms with Crippen LogP contribution in [0.3, 0.4) is 0 Å². The minimum absolute atomic E-state index is 0.668. The van der Waals surface area contributed by atoms with Gasteiger partial charge in [0, 0.05) is 12.7 Å². The van der Waals surface area contributed by atoms with Gasteiger partial charge in [0.15, 0.2) is 0 Å². The van der Waals surface area contributed by atoms with Gasteiger partial charge in [-0.25, -0.2) is 4.79 Å². The molecule has 4 nitrogen and oxygen atoms in total. The number of anilines is 1. The van der Waals surface area contributed by atoms with Crippen molar-refractivity contribution in [3.05, 3.63) is 28.8 Å². The molecule has 0 saturated carbocycles. The van der Waals surface area contributed by atoms with E-state index in [0.717, 1.165) is 22.4 Å². The molecule has 17 heavy (non-hydrogen) atoms. The number of hydrogen-bond donors (Lipinski definition) is 0. The SMILES string of the molecule is COC(=O)C(=O)N(C)c1ccc(C)c(C)c1C. The molecule has 4 heteroatoms. The first-order valence-corrected chi connectivity index (χ1v) is 5.33. The number of esters is 1. The van der Waals surface area contributed by atoms with Crippen molar-refractivity contribution in [3.8, 4) is 0 Å². The largest absolute Gasteiger partial charge is 0.462 e. The van der Waals surface area contributed by atoms with E-state index in [4.69, 9.17) is 0 Å². The Labute approximate surface area is 101 Å². The molecule has 1 rings (SSSR count). The lowest BCUT2D eigenvalue weighted by atomic mass is 10.0. The summed E-state index contributed by atoms with van der Waals surface area (Å²) in [6.45, 7) is 5.93. The molecule has 0 aromatic heterocycles. The molecular weight excluding hydrogens is 218 g/mol. The second-order valence-electron chi connectivity index (χ2n) is 4.01. The van der Waals surface area contributed by atoms with Crippen LogP contribution in [0.4, 0.5) is 5.69 Å². The number of carbonyl (C=O) groups is 2. The molecule has 0 radical (unpaired) electrons. The number of methoxy groups -OCH3 is 1. The number of aryl methyl sites for hydroxylation is 1. The fourth-order valence-corrected chi connectivity index (χ4v) is 1.64. The van der Waals surface area contributed by atoms with Gasteiger partial charge in [0.2, 0.25) is 0 Å². The van der Waals surface area contributed by atoms with Crippen LogP contribution in [0.5, 0.6) is 0 Å². The Bertz CT molecular complexity index is 466. The lowest BCUT2D eigenvalue weighted by Crippen LogP contribution is -2.34. The maximum atomic E-state index is 11.7. The standard InChI is InChI=1S/C13H17NO3/c1-8-6-7-11(10(3)9(8)2)14(4)12(15)13(16)17-5/h6-7H,1-5H3. The van der Waals surface area contributed by atoms with E-state index in [1.165, 1.54) is 12.0 Å². The number of likely N-dealkylation sites (N-methyl/N-ethyl adjacent to an activating group) is 1. The summed E-state index contributed by atoms with van der Waals surface area (Å²) in [4.78, 5) is 24.2. The summed E-state index contributed by atoms with van der Waals surface area (Å²) < 4.78 is 4.42. The van der Waals surface area contributed by atoms with Crippen LogP contribution < -0.4 is 4.90 Å². The number of rotatable bonds is 1. The molecule has 1 aromatic rings. The Morgan fingerprint density at radius 1 is 1.12 bits per heavy atom. The average Bonchev–Trinajstić information content (AvgIpc) is 2.33. The van der Waals surface area contributed by atoms with Crippen LogP contribution in [0, 0.1) is 20.8 Å². The quantitative estimate of drug-likeness (QED) is 0.550. The van der Waals surface area contributed by atoms with Crippen LogP contribution in [-0.4, -0.2) is 26.0 Å². The maximum Gasteiger partial charge on any atom is 0.397 e. The van der Waals surface area contributed by atoms with Gasteiger partial charge in [-0.05, 0) is 43.5 Å². The van der Waals surface area contributed by atoms with Crippen molar-refractivity contribution in [2.45, 2.75) is 20.8 Å². The summed E-state index contributed by atoms with van der Waals surface area (Å²) in [7, 11) is 2.76. The summed E-state index contributed by atoms with van der Waals surface area (Å²) >= 11 is 0. The number of amides is 1. The molecular formula is C13H17NO3. The van der Waals surface area contributed by atoms with Crippen LogP contribution in [0.1, 0.15) is 16.7 Å². The molecule has 0 aliphatic rings. The summed E-state index contributed by atoms with van der Waals surface area (Å²) in [5, 5.41) is 0. The summed E-state index contributed by atoms with van der Waals surface area (Å²) in [5.74, 6) is -1.52. The predicted octanol–water partition coefficient (Wildman–Crippen LogP) is 1.75. The van der Waals surface area contributed by atoms with Crippen molar-refractivity contribution < 1.29 is 14.3 Å². The van der Waals surface area contributed by atoms with Gasteiger partial charge in [-0.1, -0.05) is 6.07 Å². The second kappa shape index (κ2) is 4.99. The zero-order valence-electron chi connectivity index (χ0n) is 10.8. The van der Waals surface area contributed by atoms with Crippen LogP contribution >= 0.6 is 0 Å². The molecule has 0 aliphatic heterocycles. The molecule has 0 unspecified atom stereocenters. The minimum Gasteiger partial charge on any atom is -0.462 e. The van der Waals surface area contributed by atoms with Gasteiger partial charge in [0.25, 0.3) is 0 Å². The van der Waals surface area contributed by atoms with E-state index in [-0.39, 0.29) is 0 Å². The van der Waals surface area contributed by atoms with Gasteiger partial charge in [0.1, 0.15) is 0 Å². The van der Waals surface area contributed by atoms with E-state index in [1.54, 1.807) is 7.05 Å². The second-order valence-corrected chi connectivity index (χ2v) is 4.01. The highest BCUT2D eigenvalue weighted by atomic mass is 16.5. The Balaban J connectivity index is 3.13. The van der Waals surface area contributed by atoms with E-state index in [0.29, 0.717) is 0 Å². The number of ether oxygens (including phenoxy) is 1. The summed E-state index contributed by atoms with van der Waals surface area (Å²) in [5.41, 5.74) is 3.99. The van der Waals surface area contributed by atoms with Crippen LogP contribution in [0.15, 0.2) is 12.1 Å². The molecule has 0 heterocycles. The van der Waals surface area contributed by atoms with Gasteiger partial charge < -0.3 is 9.64 Å². The fourth-order valence-electron chi connectivity index (χ4n) is 1.64. The van der Waals surface area contributed by atoms with Crippen LogP contribution in [-0.2, 0) is 14.3 Å². The van der Waals surface area contributed by atoms with Crippen molar-refractivity contribution in [2.75, 3.05) is 19.1 Å². The molecule has 0 bridgehead atoms. The highest BCUT2D eigenvalue weighted by Gasteiger charge is 2.22. The van der Waals surface area contributed by atoms with E-state index in [2.05, 4.69) is 4.74 Å². The fraction of sp³-hybridized carbons (Fsp3) is 0.385. The molecule has 0 saturated heterocycles. The maximum absolute atomic E-state index is 11.7. The monoisotopic (exact) mass is 235 g/mol. The highest BCUT2D eigenvalue weighted by Crippen LogP contribution is 2.24. The van der Waals surface area contributed by atoms with Gasteiger partial charge in [-0.3, -0.25) is 4.79 Å². The van der Waals surface area contributed by atoms with Crippen molar-refractivity contribution in [1.82, 2.24) is 0 Å². The molecule has 92 valence electrons. The predicted molar refractivity (Wildman–Crippen MR) is 66.1 cm³/mol. The normalized spacial score (nSPS) is 9.94. The average molecular weight is 235 g/mol. The first-order valence-electron chi connectivity index (χ1n) is 5.33. The third-order valence-electron chi connectivity index (χ3n) is 3.06. The zero-order valence-corrected chi connectivity index (χ0v) is 10.8. The summed E-state index contributed by atoms with van der Waals surface area (Å²) in [6, 6.07) is 3.76. The number of hydrogen-bond acceptors (Lipinski definition) is 3. The Hall–Kier alpha value is -1.84. The molecule has 1 aromatic carbocycles. The number of carbonyl (C=O) groups excluding carboxylic acids is 2. The summed E-state index contributed by atoms with van der Waals surface area (Å²) in [6.07, 6.45) is 0. The van der Waals surface area contributed by atoms with E-state index in [1.807, 2.05) is 32.9 Å². The highest BCUT2D eigenvalue weighted by molar-refractivity contribution is 6.38. The topological polar surface area (TPSA) is 46.6 Å². The third-order valence-corrected chi connectivity index (χ3v) is 3.06. The van der Waals surface area contributed by atoms with Gasteiger partial charge in [0.05, 0.1) is 7.11 Å². The Morgan fingerprint density at radius 2 is 1.71 bits per heavy atom. The third kappa shape index (κ3) is 2.46. The molecule has 0 fully saturated rings. The lowest BCUT2D eigenvalue weighted by Gasteiger charge is -2.20.